The highest BCUT2D eigenvalue weighted by atomic mass is 35.5. The van der Waals surface area contributed by atoms with Gasteiger partial charge in [-0.1, -0.05) is 66.5 Å². The molecule has 0 heterocycles. The Bertz CT molecular complexity index is 566. The first kappa shape index (κ1) is 14.4. The van der Waals surface area contributed by atoms with Crippen LogP contribution in [0.2, 0.25) is 10.0 Å². The number of nitrogens with one attached hydrogen (secondary N) is 1. The second-order valence-corrected chi connectivity index (χ2v) is 5.28. The van der Waals surface area contributed by atoms with Gasteiger partial charge in [0.05, 0.1) is 6.04 Å². The van der Waals surface area contributed by atoms with E-state index in [1.807, 2.05) is 49.4 Å². The van der Waals surface area contributed by atoms with Crippen LogP contribution >= 0.6 is 23.2 Å². The Labute approximate surface area is 124 Å². The lowest BCUT2D eigenvalue weighted by atomic mass is 9.97. The first-order valence-corrected chi connectivity index (χ1v) is 7.13. The van der Waals surface area contributed by atoms with Crippen molar-refractivity contribution in [2.75, 3.05) is 6.54 Å². The van der Waals surface area contributed by atoms with E-state index < -0.39 is 0 Å². The van der Waals surface area contributed by atoms with Gasteiger partial charge in [-0.3, -0.25) is 0 Å². The van der Waals surface area contributed by atoms with Crippen molar-refractivity contribution in [3.63, 3.8) is 0 Å². The smallest absolute Gasteiger partial charge is 0.0606 e. The molecule has 1 nitrogen and oxygen atoms in total. The molecule has 1 unspecified atom stereocenters. The lowest BCUT2D eigenvalue weighted by Gasteiger charge is -2.22. The van der Waals surface area contributed by atoms with Gasteiger partial charge >= 0.3 is 0 Å². The summed E-state index contributed by atoms with van der Waals surface area (Å²) in [6.07, 6.45) is 0. The van der Waals surface area contributed by atoms with Gasteiger partial charge in [0.25, 0.3) is 0 Å². The van der Waals surface area contributed by atoms with E-state index in [9.17, 15) is 0 Å². The summed E-state index contributed by atoms with van der Waals surface area (Å²) in [6, 6.07) is 14.0. The van der Waals surface area contributed by atoms with Crippen LogP contribution in [0.1, 0.15) is 29.7 Å². The standard InChI is InChI=1S/C16H17Cl2N/c1-3-19-16(12-8-4-5-10-14(12)17)13-9-6-7-11(2)15(13)18/h4-10,16,19H,3H2,1-2H3. The fourth-order valence-corrected chi connectivity index (χ4v) is 2.67. The third-order valence-corrected chi connectivity index (χ3v) is 4.02. The SMILES string of the molecule is CCNC(c1ccccc1Cl)c1cccc(C)c1Cl. The summed E-state index contributed by atoms with van der Waals surface area (Å²) < 4.78 is 0. The van der Waals surface area contributed by atoms with E-state index in [2.05, 4.69) is 12.2 Å². The number of hydrogen-bond donors (Lipinski definition) is 1. The molecular weight excluding hydrogens is 277 g/mol. The van der Waals surface area contributed by atoms with Crippen molar-refractivity contribution in [2.24, 2.45) is 0 Å². The normalized spacial score (nSPS) is 12.4. The third-order valence-electron chi connectivity index (χ3n) is 3.16. The van der Waals surface area contributed by atoms with E-state index in [4.69, 9.17) is 23.2 Å². The van der Waals surface area contributed by atoms with Crippen LogP contribution in [-0.4, -0.2) is 6.54 Å². The zero-order valence-corrected chi connectivity index (χ0v) is 12.6. The summed E-state index contributed by atoms with van der Waals surface area (Å²) in [7, 11) is 0. The molecule has 0 aromatic heterocycles. The molecular formula is C16H17Cl2N. The molecule has 0 aliphatic heterocycles. The van der Waals surface area contributed by atoms with Crippen LogP contribution < -0.4 is 5.32 Å². The highest BCUT2D eigenvalue weighted by Gasteiger charge is 2.18. The van der Waals surface area contributed by atoms with Crippen LogP contribution in [-0.2, 0) is 0 Å². The van der Waals surface area contributed by atoms with E-state index in [1.54, 1.807) is 0 Å². The molecule has 0 aliphatic rings. The largest absolute Gasteiger partial charge is 0.306 e. The predicted molar refractivity (Wildman–Crippen MR) is 83.2 cm³/mol. The Balaban J connectivity index is 2.52. The highest BCUT2D eigenvalue weighted by Crippen LogP contribution is 2.33. The minimum Gasteiger partial charge on any atom is -0.306 e. The summed E-state index contributed by atoms with van der Waals surface area (Å²) in [4.78, 5) is 0. The van der Waals surface area contributed by atoms with Crippen molar-refractivity contribution in [3.8, 4) is 0 Å². The highest BCUT2D eigenvalue weighted by molar-refractivity contribution is 6.32. The molecule has 19 heavy (non-hydrogen) atoms. The predicted octanol–water partition coefficient (Wildman–Crippen LogP) is 5.00. The van der Waals surface area contributed by atoms with Gasteiger partial charge in [-0.25, -0.2) is 0 Å². The molecule has 100 valence electrons. The quantitative estimate of drug-likeness (QED) is 0.836. The van der Waals surface area contributed by atoms with Crippen LogP contribution in [0.5, 0.6) is 0 Å². The first-order chi connectivity index (χ1) is 9.15. The molecule has 0 bridgehead atoms. The third kappa shape index (κ3) is 3.11. The molecule has 2 aromatic rings. The average molecular weight is 294 g/mol. The van der Waals surface area contributed by atoms with Crippen LogP contribution in [0, 0.1) is 6.92 Å². The van der Waals surface area contributed by atoms with Gasteiger partial charge in [0.15, 0.2) is 0 Å². The van der Waals surface area contributed by atoms with Crippen molar-refractivity contribution < 1.29 is 0 Å². The maximum absolute atomic E-state index is 6.44. The van der Waals surface area contributed by atoms with Crippen LogP contribution in [0.15, 0.2) is 42.5 Å². The lowest BCUT2D eigenvalue weighted by Crippen LogP contribution is -2.22. The summed E-state index contributed by atoms with van der Waals surface area (Å²) in [6.45, 7) is 4.94. The van der Waals surface area contributed by atoms with E-state index in [0.717, 1.165) is 33.3 Å². The molecule has 0 aliphatic carbocycles. The minimum atomic E-state index is 0.0195. The van der Waals surface area contributed by atoms with E-state index >= 15 is 0 Å². The summed E-state index contributed by atoms with van der Waals surface area (Å²) in [5.41, 5.74) is 3.20. The molecule has 2 rings (SSSR count). The van der Waals surface area contributed by atoms with Gasteiger partial charge in [0, 0.05) is 10.0 Å². The Morgan fingerprint density at radius 1 is 1.00 bits per heavy atom. The number of hydrogen-bond acceptors (Lipinski definition) is 1. The Hall–Kier alpha value is -1.02. The average Bonchev–Trinajstić information content (AvgIpc) is 2.41. The van der Waals surface area contributed by atoms with Crippen molar-refractivity contribution in [1.29, 1.82) is 0 Å². The number of rotatable bonds is 4. The minimum absolute atomic E-state index is 0.0195. The lowest BCUT2D eigenvalue weighted by molar-refractivity contribution is 0.630. The zero-order chi connectivity index (χ0) is 13.8. The Kier molecular flexibility index (Phi) is 4.87. The second kappa shape index (κ2) is 6.42. The van der Waals surface area contributed by atoms with E-state index in [-0.39, 0.29) is 6.04 Å². The van der Waals surface area contributed by atoms with Crippen molar-refractivity contribution in [1.82, 2.24) is 5.32 Å². The molecule has 3 heteroatoms. The molecule has 0 fully saturated rings. The fourth-order valence-electron chi connectivity index (χ4n) is 2.19. The summed E-state index contributed by atoms with van der Waals surface area (Å²) in [5.74, 6) is 0. The van der Waals surface area contributed by atoms with Crippen LogP contribution in [0.3, 0.4) is 0 Å². The van der Waals surface area contributed by atoms with Crippen LogP contribution in [0.4, 0.5) is 0 Å². The maximum Gasteiger partial charge on any atom is 0.0606 e. The zero-order valence-electron chi connectivity index (χ0n) is 11.1. The molecule has 1 N–H and O–H groups in total. The van der Waals surface area contributed by atoms with Crippen molar-refractivity contribution in [3.05, 3.63) is 69.2 Å². The van der Waals surface area contributed by atoms with Crippen molar-refractivity contribution in [2.45, 2.75) is 19.9 Å². The van der Waals surface area contributed by atoms with Crippen molar-refractivity contribution >= 4 is 23.2 Å². The molecule has 0 saturated carbocycles. The molecule has 1 atom stereocenters. The van der Waals surface area contributed by atoms with Crippen LogP contribution in [0.25, 0.3) is 0 Å². The van der Waals surface area contributed by atoms with Gasteiger partial charge in [-0.2, -0.15) is 0 Å². The van der Waals surface area contributed by atoms with E-state index in [1.165, 1.54) is 0 Å². The maximum atomic E-state index is 6.44. The number of halogens is 2. The Morgan fingerprint density at radius 3 is 2.37 bits per heavy atom. The Morgan fingerprint density at radius 2 is 1.68 bits per heavy atom. The number of benzene rings is 2. The summed E-state index contributed by atoms with van der Waals surface area (Å²) >= 11 is 12.8. The monoisotopic (exact) mass is 293 g/mol. The van der Waals surface area contributed by atoms with E-state index in [0.29, 0.717) is 0 Å². The molecule has 2 aromatic carbocycles. The number of aryl methyl sites for hydroxylation is 1. The topological polar surface area (TPSA) is 12.0 Å². The van der Waals surface area contributed by atoms with Gasteiger partial charge in [0.1, 0.15) is 0 Å². The van der Waals surface area contributed by atoms with Gasteiger partial charge in [0.2, 0.25) is 0 Å². The van der Waals surface area contributed by atoms with Gasteiger partial charge in [-0.05, 0) is 36.2 Å². The van der Waals surface area contributed by atoms with Gasteiger partial charge in [-0.15, -0.1) is 0 Å². The first-order valence-electron chi connectivity index (χ1n) is 6.38. The molecule has 0 radical (unpaired) electrons. The van der Waals surface area contributed by atoms with Gasteiger partial charge < -0.3 is 5.32 Å². The fraction of sp³-hybridized carbons (Fsp3) is 0.250. The molecule has 0 saturated heterocycles. The molecule has 0 spiro atoms. The second-order valence-electron chi connectivity index (χ2n) is 4.49. The molecule has 0 amide bonds. The summed E-state index contributed by atoms with van der Waals surface area (Å²) in [5, 5.41) is 5.01.